The zero-order valence-corrected chi connectivity index (χ0v) is 10.3. The van der Waals surface area contributed by atoms with E-state index in [2.05, 4.69) is 5.32 Å². The summed E-state index contributed by atoms with van der Waals surface area (Å²) in [6.45, 7) is 0. The van der Waals surface area contributed by atoms with Gasteiger partial charge in [-0.15, -0.1) is 0 Å². The van der Waals surface area contributed by atoms with Crippen LogP contribution >= 0.6 is 11.6 Å². The third kappa shape index (κ3) is 3.35. The first-order valence-electron chi connectivity index (χ1n) is 5.24. The molecule has 0 aliphatic carbocycles. The smallest absolute Gasteiger partial charge is 0.255 e. The number of carbonyl (C=O) groups excluding carboxylic acids is 1. The third-order valence-corrected chi connectivity index (χ3v) is 2.50. The molecular formula is C13H9ClFNO3. The molecule has 0 atom stereocenters. The first-order valence-corrected chi connectivity index (χ1v) is 5.62. The van der Waals surface area contributed by atoms with Crippen molar-refractivity contribution in [3.05, 3.63) is 52.8 Å². The Bertz CT molecular complexity index is 605. The number of nitrogens with one attached hydrogen (secondary N) is 1. The summed E-state index contributed by atoms with van der Waals surface area (Å²) in [6.07, 6.45) is 0. The molecule has 0 heterocycles. The van der Waals surface area contributed by atoms with Crippen LogP contribution in [-0.4, -0.2) is 16.1 Å². The predicted octanol–water partition coefficient (Wildman–Crippen LogP) is 3.14. The fourth-order valence-corrected chi connectivity index (χ4v) is 1.78. The van der Waals surface area contributed by atoms with Crippen LogP contribution in [0.1, 0.15) is 10.4 Å². The second-order valence-corrected chi connectivity index (χ2v) is 4.29. The molecular weight excluding hydrogens is 273 g/mol. The van der Waals surface area contributed by atoms with Crippen molar-refractivity contribution in [2.75, 3.05) is 5.32 Å². The summed E-state index contributed by atoms with van der Waals surface area (Å²) in [5.74, 6) is -1.68. The van der Waals surface area contributed by atoms with Crippen molar-refractivity contribution in [3.8, 4) is 11.5 Å². The molecule has 0 aliphatic rings. The monoisotopic (exact) mass is 281 g/mol. The first-order chi connectivity index (χ1) is 8.94. The van der Waals surface area contributed by atoms with E-state index in [1.165, 1.54) is 18.2 Å². The fourth-order valence-electron chi connectivity index (χ4n) is 1.56. The van der Waals surface area contributed by atoms with Gasteiger partial charge in [0.15, 0.2) is 0 Å². The Morgan fingerprint density at radius 2 is 1.68 bits per heavy atom. The molecule has 4 nitrogen and oxygen atoms in total. The summed E-state index contributed by atoms with van der Waals surface area (Å²) >= 11 is 5.66. The van der Waals surface area contributed by atoms with Crippen LogP contribution in [0.15, 0.2) is 36.4 Å². The molecule has 19 heavy (non-hydrogen) atoms. The molecule has 6 heteroatoms. The van der Waals surface area contributed by atoms with Crippen molar-refractivity contribution in [2.24, 2.45) is 0 Å². The number of phenolic OH excluding ortho intramolecular Hbond substituents is 2. The number of halogens is 2. The average molecular weight is 282 g/mol. The highest BCUT2D eigenvalue weighted by molar-refractivity contribution is 6.31. The maximum atomic E-state index is 13.1. The summed E-state index contributed by atoms with van der Waals surface area (Å²) in [7, 11) is 0. The topological polar surface area (TPSA) is 69.6 Å². The summed E-state index contributed by atoms with van der Waals surface area (Å²) in [6, 6.07) is 7.04. The highest BCUT2D eigenvalue weighted by atomic mass is 35.5. The molecule has 0 bridgehead atoms. The van der Waals surface area contributed by atoms with Gasteiger partial charge in [0.1, 0.15) is 17.3 Å². The van der Waals surface area contributed by atoms with Crippen molar-refractivity contribution >= 4 is 23.2 Å². The number of benzene rings is 2. The minimum atomic E-state index is -0.604. The Kier molecular flexibility index (Phi) is 3.57. The van der Waals surface area contributed by atoms with Crippen LogP contribution in [0.3, 0.4) is 0 Å². The fraction of sp³-hybridized carbons (Fsp3) is 0. The van der Waals surface area contributed by atoms with Crippen molar-refractivity contribution in [1.82, 2.24) is 0 Å². The van der Waals surface area contributed by atoms with Gasteiger partial charge >= 0.3 is 0 Å². The first kappa shape index (κ1) is 13.2. The predicted molar refractivity (Wildman–Crippen MR) is 69.1 cm³/mol. The van der Waals surface area contributed by atoms with Gasteiger partial charge in [0.05, 0.1) is 0 Å². The molecule has 1 amide bonds. The number of aromatic hydroxyl groups is 2. The van der Waals surface area contributed by atoms with Crippen LogP contribution < -0.4 is 5.32 Å². The largest absolute Gasteiger partial charge is 0.508 e. The molecule has 0 aromatic heterocycles. The van der Waals surface area contributed by atoms with Crippen LogP contribution in [0.5, 0.6) is 11.5 Å². The highest BCUT2D eigenvalue weighted by Crippen LogP contribution is 2.22. The van der Waals surface area contributed by atoms with E-state index in [-0.39, 0.29) is 27.8 Å². The maximum Gasteiger partial charge on any atom is 0.255 e. The van der Waals surface area contributed by atoms with E-state index in [4.69, 9.17) is 11.6 Å². The van der Waals surface area contributed by atoms with Crippen LogP contribution in [0, 0.1) is 5.82 Å². The van der Waals surface area contributed by atoms with Gasteiger partial charge in [-0.05, 0) is 30.3 Å². The van der Waals surface area contributed by atoms with Gasteiger partial charge in [-0.2, -0.15) is 0 Å². The summed E-state index contributed by atoms with van der Waals surface area (Å²) in [4.78, 5) is 11.8. The van der Waals surface area contributed by atoms with E-state index in [1.807, 2.05) is 0 Å². The number of hydrogen-bond acceptors (Lipinski definition) is 3. The zero-order valence-electron chi connectivity index (χ0n) is 9.52. The summed E-state index contributed by atoms with van der Waals surface area (Å²) < 4.78 is 13.1. The number of rotatable bonds is 2. The Hall–Kier alpha value is -2.27. The number of phenols is 2. The maximum absolute atomic E-state index is 13.1. The second kappa shape index (κ2) is 5.16. The molecule has 2 aromatic carbocycles. The molecule has 0 radical (unpaired) electrons. The molecule has 0 unspecified atom stereocenters. The number of anilines is 1. The SMILES string of the molecule is O=C(Nc1cc(F)cc(Cl)c1)c1cc(O)cc(O)c1. The molecule has 0 fully saturated rings. The quantitative estimate of drug-likeness (QED) is 0.792. The van der Waals surface area contributed by atoms with E-state index in [0.29, 0.717) is 0 Å². The number of hydrogen-bond donors (Lipinski definition) is 3. The van der Waals surface area contributed by atoms with Gasteiger partial charge in [0.25, 0.3) is 5.91 Å². The molecule has 0 saturated carbocycles. The minimum Gasteiger partial charge on any atom is -0.508 e. The van der Waals surface area contributed by atoms with E-state index in [0.717, 1.165) is 18.2 Å². The molecule has 3 N–H and O–H groups in total. The Morgan fingerprint density at radius 3 is 2.26 bits per heavy atom. The number of amides is 1. The van der Waals surface area contributed by atoms with Crippen molar-refractivity contribution in [3.63, 3.8) is 0 Å². The summed E-state index contributed by atoms with van der Waals surface area (Å²) in [5, 5.41) is 21.1. The van der Waals surface area contributed by atoms with Gasteiger partial charge in [-0.3, -0.25) is 4.79 Å². The lowest BCUT2D eigenvalue weighted by atomic mass is 10.2. The van der Waals surface area contributed by atoms with Crippen molar-refractivity contribution in [1.29, 1.82) is 0 Å². The molecule has 98 valence electrons. The molecule has 2 rings (SSSR count). The lowest BCUT2D eigenvalue weighted by molar-refractivity contribution is 0.102. The third-order valence-electron chi connectivity index (χ3n) is 2.29. The van der Waals surface area contributed by atoms with Crippen LogP contribution in [-0.2, 0) is 0 Å². The van der Waals surface area contributed by atoms with E-state index in [1.54, 1.807) is 0 Å². The van der Waals surface area contributed by atoms with Gasteiger partial charge in [-0.25, -0.2) is 4.39 Å². The number of carbonyl (C=O) groups is 1. The van der Waals surface area contributed by atoms with Crippen LogP contribution in [0.25, 0.3) is 0 Å². The molecule has 0 spiro atoms. The summed E-state index contributed by atoms with van der Waals surface area (Å²) in [5.41, 5.74) is 0.218. The van der Waals surface area contributed by atoms with Crippen LogP contribution in [0.4, 0.5) is 10.1 Å². The molecule has 0 saturated heterocycles. The van der Waals surface area contributed by atoms with Crippen LogP contribution in [0.2, 0.25) is 5.02 Å². The normalized spacial score (nSPS) is 10.2. The van der Waals surface area contributed by atoms with Gasteiger partial charge in [0, 0.05) is 22.3 Å². The zero-order chi connectivity index (χ0) is 14.0. The standard InChI is InChI=1S/C13H9ClFNO3/c14-8-3-9(15)5-10(4-8)16-13(19)7-1-11(17)6-12(18)2-7/h1-6,17-18H,(H,16,19). The second-order valence-electron chi connectivity index (χ2n) is 3.85. The van der Waals surface area contributed by atoms with E-state index >= 15 is 0 Å². The Balaban J connectivity index is 2.25. The van der Waals surface area contributed by atoms with Gasteiger partial charge < -0.3 is 15.5 Å². The lowest BCUT2D eigenvalue weighted by Crippen LogP contribution is -2.11. The average Bonchev–Trinajstić information content (AvgIpc) is 2.25. The van der Waals surface area contributed by atoms with Gasteiger partial charge in [-0.1, -0.05) is 11.6 Å². The van der Waals surface area contributed by atoms with Crippen molar-refractivity contribution < 1.29 is 19.4 Å². The van der Waals surface area contributed by atoms with E-state index in [9.17, 15) is 19.4 Å². The highest BCUT2D eigenvalue weighted by Gasteiger charge is 2.10. The Labute approximate surface area is 113 Å². The van der Waals surface area contributed by atoms with Gasteiger partial charge in [0.2, 0.25) is 0 Å². The minimum absolute atomic E-state index is 0.0397. The molecule has 2 aromatic rings. The lowest BCUT2D eigenvalue weighted by Gasteiger charge is -2.07. The van der Waals surface area contributed by atoms with Crippen molar-refractivity contribution in [2.45, 2.75) is 0 Å². The Morgan fingerprint density at radius 1 is 1.05 bits per heavy atom. The van der Waals surface area contributed by atoms with E-state index < -0.39 is 11.7 Å². The molecule has 0 aliphatic heterocycles.